The zero-order valence-corrected chi connectivity index (χ0v) is 22.5. The van der Waals surface area contributed by atoms with E-state index in [0.717, 1.165) is 11.3 Å². The summed E-state index contributed by atoms with van der Waals surface area (Å²) in [7, 11) is 1.37. The predicted octanol–water partition coefficient (Wildman–Crippen LogP) is 3.84. The second kappa shape index (κ2) is 12.6. The highest BCUT2D eigenvalue weighted by molar-refractivity contribution is 7.16. The first kappa shape index (κ1) is 27.9. The van der Waals surface area contributed by atoms with Crippen LogP contribution in [0, 0.1) is 11.7 Å². The van der Waals surface area contributed by atoms with Gasteiger partial charge in [-0.25, -0.2) is 19.3 Å². The van der Waals surface area contributed by atoms with Crippen LogP contribution in [-0.2, 0) is 25.7 Å². The van der Waals surface area contributed by atoms with Gasteiger partial charge in [-0.15, -0.1) is 0 Å². The lowest BCUT2D eigenvalue weighted by atomic mass is 9.97. The van der Waals surface area contributed by atoms with Crippen molar-refractivity contribution in [2.24, 2.45) is 5.92 Å². The third-order valence-corrected chi connectivity index (χ3v) is 7.00. The van der Waals surface area contributed by atoms with E-state index in [4.69, 9.17) is 14.2 Å². The Labute approximate surface area is 228 Å². The fraction of sp³-hybridized carbons (Fsp3) is 0.385. The van der Waals surface area contributed by atoms with Crippen LogP contribution in [0.4, 0.5) is 15.3 Å². The average Bonchev–Trinajstić information content (AvgIpc) is 3.34. The molecule has 1 saturated heterocycles. The summed E-state index contributed by atoms with van der Waals surface area (Å²) in [4.78, 5) is 51.8. The maximum absolute atomic E-state index is 14.3. The van der Waals surface area contributed by atoms with Gasteiger partial charge in [0, 0.05) is 25.6 Å². The lowest BCUT2D eigenvalue weighted by Gasteiger charge is -2.31. The molecule has 3 heterocycles. The number of aromatic nitrogens is 3. The third kappa shape index (κ3) is 6.85. The number of nitrogens with zero attached hydrogens (tertiary/aromatic N) is 4. The van der Waals surface area contributed by atoms with Crippen LogP contribution < -0.4 is 15.0 Å². The molecule has 1 aliphatic rings. The zero-order valence-electron chi connectivity index (χ0n) is 21.7. The minimum atomic E-state index is -0.576. The van der Waals surface area contributed by atoms with E-state index < -0.39 is 17.7 Å². The molecule has 0 aliphatic carbocycles. The molecule has 3 aromatic rings. The van der Waals surface area contributed by atoms with Gasteiger partial charge in [0.2, 0.25) is 0 Å². The second-order valence-electron chi connectivity index (χ2n) is 8.65. The molecule has 0 spiro atoms. The normalized spacial score (nSPS) is 13.6. The SMILES string of the molecule is CCOC(=O)C1CCN(c2cnc(C(=O)Nc3nc(-c4ccc(OC)c(F)c4)c(COC(C)=O)s3)cn2)CC1. The summed E-state index contributed by atoms with van der Waals surface area (Å²) in [5, 5.41) is 2.91. The molecule has 11 nitrogen and oxygen atoms in total. The van der Waals surface area contributed by atoms with E-state index in [2.05, 4.69) is 20.3 Å². The first-order valence-electron chi connectivity index (χ1n) is 12.3. The van der Waals surface area contributed by atoms with E-state index in [1.165, 1.54) is 38.6 Å². The highest BCUT2D eigenvalue weighted by Gasteiger charge is 2.27. The van der Waals surface area contributed by atoms with Gasteiger partial charge in [0.05, 0.1) is 42.6 Å². The molecule has 0 radical (unpaired) electrons. The van der Waals surface area contributed by atoms with Crippen molar-refractivity contribution in [3.63, 3.8) is 0 Å². The fourth-order valence-electron chi connectivity index (χ4n) is 4.08. The van der Waals surface area contributed by atoms with Crippen LogP contribution in [0.25, 0.3) is 11.3 Å². The Kier molecular flexibility index (Phi) is 9.02. The number of hydrogen-bond donors (Lipinski definition) is 1. The van der Waals surface area contributed by atoms with Gasteiger partial charge in [-0.05, 0) is 38.0 Å². The van der Waals surface area contributed by atoms with Gasteiger partial charge in [-0.2, -0.15) is 0 Å². The van der Waals surface area contributed by atoms with Crippen LogP contribution in [0.15, 0.2) is 30.6 Å². The third-order valence-electron chi connectivity index (χ3n) is 6.06. The van der Waals surface area contributed by atoms with Crippen molar-refractivity contribution >= 4 is 40.1 Å². The number of benzene rings is 1. The Morgan fingerprint density at radius 3 is 2.54 bits per heavy atom. The van der Waals surface area contributed by atoms with E-state index in [1.54, 1.807) is 13.0 Å². The second-order valence-corrected chi connectivity index (χ2v) is 9.73. The van der Waals surface area contributed by atoms with Crippen molar-refractivity contribution in [1.82, 2.24) is 15.0 Å². The van der Waals surface area contributed by atoms with Gasteiger partial charge < -0.3 is 19.1 Å². The summed E-state index contributed by atoms with van der Waals surface area (Å²) in [6, 6.07) is 4.35. The van der Waals surface area contributed by atoms with Gasteiger partial charge in [-0.1, -0.05) is 11.3 Å². The first-order chi connectivity index (χ1) is 18.8. The molecule has 1 aliphatic heterocycles. The van der Waals surface area contributed by atoms with Crippen molar-refractivity contribution in [3.8, 4) is 17.0 Å². The number of carbonyl (C=O) groups excluding carboxylic acids is 3. The monoisotopic (exact) mass is 557 g/mol. The van der Waals surface area contributed by atoms with E-state index in [0.29, 0.717) is 54.5 Å². The molecule has 2 aromatic heterocycles. The smallest absolute Gasteiger partial charge is 0.309 e. The summed E-state index contributed by atoms with van der Waals surface area (Å²) < 4.78 is 29.5. The number of piperidine rings is 1. The molecule has 0 atom stereocenters. The summed E-state index contributed by atoms with van der Waals surface area (Å²) in [6.07, 6.45) is 4.19. The molecule has 13 heteroatoms. The van der Waals surface area contributed by atoms with Gasteiger partial charge in [0.25, 0.3) is 5.91 Å². The highest BCUT2D eigenvalue weighted by atomic mass is 32.1. The van der Waals surface area contributed by atoms with E-state index in [1.807, 2.05) is 4.90 Å². The predicted molar refractivity (Wildman–Crippen MR) is 141 cm³/mol. The summed E-state index contributed by atoms with van der Waals surface area (Å²) in [5.41, 5.74) is 0.878. The number of rotatable bonds is 9. The molecule has 1 aromatic carbocycles. The van der Waals surface area contributed by atoms with Crippen LogP contribution in [0.5, 0.6) is 5.75 Å². The van der Waals surface area contributed by atoms with Crippen LogP contribution in [0.3, 0.4) is 0 Å². The minimum Gasteiger partial charge on any atom is -0.494 e. The van der Waals surface area contributed by atoms with E-state index in [9.17, 15) is 18.8 Å². The number of nitrogens with one attached hydrogen (secondary N) is 1. The number of ether oxygens (including phenoxy) is 3. The van der Waals surface area contributed by atoms with Gasteiger partial charge in [-0.3, -0.25) is 19.7 Å². The number of halogens is 1. The molecule has 0 unspecified atom stereocenters. The van der Waals surface area contributed by atoms with Crippen LogP contribution in [0.1, 0.15) is 42.1 Å². The largest absolute Gasteiger partial charge is 0.494 e. The molecule has 0 bridgehead atoms. The molecular formula is C26H28FN5O6S. The van der Waals surface area contributed by atoms with Crippen LogP contribution >= 0.6 is 11.3 Å². The van der Waals surface area contributed by atoms with Gasteiger partial charge >= 0.3 is 11.9 Å². The van der Waals surface area contributed by atoms with Crippen molar-refractivity contribution < 1.29 is 33.0 Å². The number of thiazole rings is 1. The van der Waals surface area contributed by atoms with Crippen molar-refractivity contribution in [2.75, 3.05) is 37.0 Å². The lowest BCUT2D eigenvalue weighted by molar-refractivity contribution is -0.148. The molecule has 1 N–H and O–H groups in total. The van der Waals surface area contributed by atoms with Gasteiger partial charge in [0.1, 0.15) is 18.1 Å². The Morgan fingerprint density at radius 2 is 1.92 bits per heavy atom. The van der Waals surface area contributed by atoms with Crippen molar-refractivity contribution in [3.05, 3.63) is 47.0 Å². The molecular weight excluding hydrogens is 529 g/mol. The fourth-order valence-corrected chi connectivity index (χ4v) is 4.97. The van der Waals surface area contributed by atoms with E-state index in [-0.39, 0.29) is 35.1 Å². The topological polar surface area (TPSA) is 133 Å². The molecule has 39 heavy (non-hydrogen) atoms. The Balaban J connectivity index is 1.45. The minimum absolute atomic E-state index is 0.0777. The number of esters is 2. The Hall–Kier alpha value is -4.13. The highest BCUT2D eigenvalue weighted by Crippen LogP contribution is 2.34. The number of amides is 1. The molecule has 4 rings (SSSR count). The molecule has 206 valence electrons. The van der Waals surface area contributed by atoms with Crippen molar-refractivity contribution in [1.29, 1.82) is 0 Å². The van der Waals surface area contributed by atoms with Crippen LogP contribution in [-0.4, -0.2) is 59.6 Å². The standard InChI is InChI=1S/C26H28FN5O6S/c1-4-37-25(35)16-7-9-32(10-8-16)22-13-28-19(12-29-22)24(34)31-26-30-23(21(39-26)14-38-15(2)33)17-5-6-20(36-3)18(27)11-17/h5-6,11-13,16H,4,7-10,14H2,1-3H3,(H,30,31,34). The average molecular weight is 558 g/mol. The van der Waals surface area contributed by atoms with Gasteiger partial charge in [0.15, 0.2) is 16.7 Å². The summed E-state index contributed by atoms with van der Waals surface area (Å²) >= 11 is 1.10. The Bertz CT molecular complexity index is 1340. The Morgan fingerprint density at radius 1 is 1.15 bits per heavy atom. The summed E-state index contributed by atoms with van der Waals surface area (Å²) in [5.74, 6) is -1.20. The molecule has 1 fully saturated rings. The molecule has 0 saturated carbocycles. The number of carbonyl (C=O) groups is 3. The quantitative estimate of drug-likeness (QED) is 0.387. The maximum Gasteiger partial charge on any atom is 0.309 e. The number of anilines is 2. The molecule has 1 amide bonds. The first-order valence-corrected chi connectivity index (χ1v) is 13.1. The summed E-state index contributed by atoms with van der Waals surface area (Å²) in [6.45, 7) is 4.60. The van der Waals surface area contributed by atoms with Crippen LogP contribution in [0.2, 0.25) is 0 Å². The number of methoxy groups -OCH3 is 1. The van der Waals surface area contributed by atoms with E-state index >= 15 is 0 Å². The zero-order chi connectivity index (χ0) is 27.9. The van der Waals surface area contributed by atoms with Crippen molar-refractivity contribution in [2.45, 2.75) is 33.3 Å². The lowest BCUT2D eigenvalue weighted by Crippen LogP contribution is -2.37. The maximum atomic E-state index is 14.3. The number of hydrogen-bond acceptors (Lipinski definition) is 11.